The molecule has 1 aliphatic rings. The lowest BCUT2D eigenvalue weighted by molar-refractivity contribution is 0.380. The van der Waals surface area contributed by atoms with E-state index >= 15 is 0 Å². The van der Waals surface area contributed by atoms with Crippen molar-refractivity contribution in [3.8, 4) is 0 Å². The lowest BCUT2D eigenvalue weighted by Gasteiger charge is -2.35. The Balaban J connectivity index is 1.45. The molecule has 0 saturated carbocycles. The quantitative estimate of drug-likeness (QED) is 0.418. The van der Waals surface area contributed by atoms with E-state index in [9.17, 15) is 8.42 Å². The van der Waals surface area contributed by atoms with Crippen LogP contribution in [0.15, 0.2) is 45.7 Å². The molecule has 27 heavy (non-hydrogen) atoms. The van der Waals surface area contributed by atoms with E-state index in [1.54, 1.807) is 41.8 Å². The van der Waals surface area contributed by atoms with Gasteiger partial charge in [-0.25, -0.2) is 18.1 Å². The first kappa shape index (κ1) is 19.6. The summed E-state index contributed by atoms with van der Waals surface area (Å²) in [6.45, 7) is 5.62. The number of hydrogen-bond donors (Lipinski definition) is 2. The number of nitrogens with two attached hydrogens (primary N) is 1. The summed E-state index contributed by atoms with van der Waals surface area (Å²) in [5.41, 5.74) is 7.07. The van der Waals surface area contributed by atoms with Crippen molar-refractivity contribution in [1.29, 1.82) is 0 Å². The number of thiazole rings is 1. The summed E-state index contributed by atoms with van der Waals surface area (Å²) in [7, 11) is -3.52. The van der Waals surface area contributed by atoms with Gasteiger partial charge in [0.15, 0.2) is 11.1 Å². The van der Waals surface area contributed by atoms with Crippen LogP contribution in [0.25, 0.3) is 0 Å². The molecule has 0 radical (unpaired) electrons. The first-order chi connectivity index (χ1) is 13.0. The van der Waals surface area contributed by atoms with Crippen molar-refractivity contribution in [2.45, 2.75) is 11.8 Å². The Morgan fingerprint density at radius 3 is 2.59 bits per heavy atom. The number of piperazine rings is 1. The Morgan fingerprint density at radius 2 is 1.96 bits per heavy atom. The van der Waals surface area contributed by atoms with Gasteiger partial charge in [-0.2, -0.15) is 0 Å². The van der Waals surface area contributed by atoms with Crippen LogP contribution in [0.3, 0.4) is 0 Å². The number of nitrogens with zero attached hydrogens (tertiary/aromatic N) is 4. The molecule has 2 aromatic rings. The molecule has 1 aromatic heterocycles. The molecule has 10 heteroatoms. The molecule has 1 saturated heterocycles. The molecule has 0 unspecified atom stereocenters. The average molecular weight is 409 g/mol. The van der Waals surface area contributed by atoms with Gasteiger partial charge in [-0.05, 0) is 19.1 Å². The van der Waals surface area contributed by atoms with E-state index in [0.717, 1.165) is 36.9 Å². The van der Waals surface area contributed by atoms with E-state index in [1.807, 2.05) is 17.2 Å². The SMILES string of the molecule is Cc1ccc(S(=O)(=O)NCCN=C(N)N2CCN(c3nccs3)CC2)cc1. The normalized spacial score (nSPS) is 16.0. The van der Waals surface area contributed by atoms with Gasteiger partial charge >= 0.3 is 0 Å². The summed E-state index contributed by atoms with van der Waals surface area (Å²) in [6.07, 6.45) is 1.81. The fraction of sp³-hybridized carbons (Fsp3) is 0.412. The third kappa shape index (κ3) is 5.18. The second kappa shape index (κ2) is 8.68. The fourth-order valence-electron chi connectivity index (χ4n) is 2.75. The third-order valence-corrected chi connectivity index (χ3v) is 6.61. The molecule has 1 aliphatic heterocycles. The number of aromatic nitrogens is 1. The first-order valence-electron chi connectivity index (χ1n) is 8.71. The van der Waals surface area contributed by atoms with Gasteiger partial charge in [-0.1, -0.05) is 17.7 Å². The molecule has 0 atom stereocenters. The van der Waals surface area contributed by atoms with E-state index in [1.165, 1.54) is 0 Å². The van der Waals surface area contributed by atoms with Gasteiger partial charge in [0.05, 0.1) is 11.4 Å². The lowest BCUT2D eigenvalue weighted by Crippen LogP contribution is -2.51. The molecule has 146 valence electrons. The molecule has 1 aromatic carbocycles. The minimum atomic E-state index is -3.52. The van der Waals surface area contributed by atoms with Crippen LogP contribution >= 0.6 is 11.3 Å². The first-order valence-corrected chi connectivity index (χ1v) is 11.1. The summed E-state index contributed by atoms with van der Waals surface area (Å²) < 4.78 is 27.0. The highest BCUT2D eigenvalue weighted by Crippen LogP contribution is 2.18. The number of guanidine groups is 1. The Labute approximate surface area is 163 Å². The van der Waals surface area contributed by atoms with Crippen molar-refractivity contribution in [1.82, 2.24) is 14.6 Å². The van der Waals surface area contributed by atoms with Crippen LogP contribution in [0.5, 0.6) is 0 Å². The maximum absolute atomic E-state index is 12.2. The molecule has 0 amide bonds. The molecule has 0 bridgehead atoms. The Kier molecular flexibility index (Phi) is 6.30. The molecule has 8 nitrogen and oxygen atoms in total. The van der Waals surface area contributed by atoms with Crippen LogP contribution < -0.4 is 15.4 Å². The van der Waals surface area contributed by atoms with Gasteiger partial charge in [0, 0.05) is 44.3 Å². The molecule has 2 heterocycles. The van der Waals surface area contributed by atoms with E-state index < -0.39 is 10.0 Å². The van der Waals surface area contributed by atoms with Gasteiger partial charge in [0.1, 0.15) is 0 Å². The highest BCUT2D eigenvalue weighted by Gasteiger charge is 2.19. The van der Waals surface area contributed by atoms with E-state index in [-0.39, 0.29) is 11.4 Å². The number of nitrogens with one attached hydrogen (secondary N) is 1. The van der Waals surface area contributed by atoms with Crippen molar-refractivity contribution in [3.63, 3.8) is 0 Å². The van der Waals surface area contributed by atoms with Gasteiger partial charge in [0.2, 0.25) is 10.0 Å². The number of rotatable bonds is 6. The number of hydrogen-bond acceptors (Lipinski definition) is 6. The van der Waals surface area contributed by atoms with E-state index in [2.05, 4.69) is 19.6 Å². The lowest BCUT2D eigenvalue weighted by atomic mass is 10.2. The van der Waals surface area contributed by atoms with E-state index in [4.69, 9.17) is 5.73 Å². The standard InChI is InChI=1S/C17H24N6O2S2/c1-14-2-4-15(5-3-14)27(24,25)21-7-6-19-16(18)22-9-11-23(12-10-22)17-20-8-13-26-17/h2-5,8,13,21H,6-7,9-12H2,1H3,(H2,18,19). The van der Waals surface area contributed by atoms with Crippen molar-refractivity contribution < 1.29 is 8.42 Å². The minimum absolute atomic E-state index is 0.204. The molecule has 3 N–H and O–H groups in total. The topological polar surface area (TPSA) is 104 Å². The zero-order valence-electron chi connectivity index (χ0n) is 15.2. The van der Waals surface area contributed by atoms with Gasteiger partial charge in [-0.3, -0.25) is 4.99 Å². The minimum Gasteiger partial charge on any atom is -0.370 e. The molecule has 0 aliphatic carbocycles. The number of benzene rings is 1. The predicted molar refractivity (Wildman–Crippen MR) is 109 cm³/mol. The fourth-order valence-corrected chi connectivity index (χ4v) is 4.47. The maximum Gasteiger partial charge on any atom is 0.240 e. The summed E-state index contributed by atoms with van der Waals surface area (Å²) in [4.78, 5) is 13.1. The van der Waals surface area contributed by atoms with Gasteiger partial charge in [-0.15, -0.1) is 11.3 Å². The summed E-state index contributed by atoms with van der Waals surface area (Å²) >= 11 is 1.63. The van der Waals surface area contributed by atoms with Crippen LogP contribution in [0.1, 0.15) is 5.56 Å². The molecular formula is C17H24N6O2S2. The summed E-state index contributed by atoms with van der Waals surface area (Å²) in [5.74, 6) is 0.448. The Morgan fingerprint density at radius 1 is 1.26 bits per heavy atom. The smallest absolute Gasteiger partial charge is 0.240 e. The van der Waals surface area contributed by atoms with Gasteiger partial charge < -0.3 is 15.5 Å². The summed E-state index contributed by atoms with van der Waals surface area (Å²) in [5, 5.41) is 2.99. The second-order valence-corrected chi connectivity index (χ2v) is 8.88. The van der Waals surface area contributed by atoms with Crippen LogP contribution in [0.4, 0.5) is 5.13 Å². The zero-order chi connectivity index (χ0) is 19.3. The third-order valence-electron chi connectivity index (χ3n) is 4.30. The van der Waals surface area contributed by atoms with Crippen molar-refractivity contribution in [3.05, 3.63) is 41.4 Å². The largest absolute Gasteiger partial charge is 0.370 e. The molecule has 1 fully saturated rings. The monoisotopic (exact) mass is 408 g/mol. The van der Waals surface area contributed by atoms with Crippen LogP contribution in [0.2, 0.25) is 0 Å². The van der Waals surface area contributed by atoms with Crippen molar-refractivity contribution >= 4 is 32.5 Å². The van der Waals surface area contributed by atoms with Crippen LogP contribution in [-0.2, 0) is 10.0 Å². The van der Waals surface area contributed by atoms with Crippen LogP contribution in [0, 0.1) is 6.92 Å². The van der Waals surface area contributed by atoms with E-state index in [0.29, 0.717) is 12.5 Å². The Hall–Kier alpha value is -2.17. The zero-order valence-corrected chi connectivity index (χ0v) is 16.8. The number of aliphatic imine (C=N–C) groups is 1. The maximum atomic E-state index is 12.2. The van der Waals surface area contributed by atoms with Crippen LogP contribution in [-0.4, -0.2) is 63.5 Å². The Bertz CT molecular complexity index is 857. The summed E-state index contributed by atoms with van der Waals surface area (Å²) in [6, 6.07) is 6.74. The molecule has 3 rings (SSSR count). The average Bonchev–Trinajstić information content (AvgIpc) is 3.20. The number of aryl methyl sites for hydroxylation is 1. The predicted octanol–water partition coefficient (Wildman–Crippen LogP) is 0.867. The van der Waals surface area contributed by atoms with Crippen molar-refractivity contribution in [2.75, 3.05) is 44.2 Å². The number of sulfonamides is 1. The van der Waals surface area contributed by atoms with Crippen molar-refractivity contribution in [2.24, 2.45) is 10.7 Å². The number of anilines is 1. The molecular weight excluding hydrogens is 384 g/mol. The van der Waals surface area contributed by atoms with Gasteiger partial charge in [0.25, 0.3) is 0 Å². The molecule has 0 spiro atoms. The second-order valence-electron chi connectivity index (χ2n) is 6.24. The highest BCUT2D eigenvalue weighted by molar-refractivity contribution is 7.89. The highest BCUT2D eigenvalue weighted by atomic mass is 32.2.